The third-order valence-electron chi connectivity index (χ3n) is 2.89. The maximum Gasteiger partial charge on any atom is 0.344 e. The summed E-state index contributed by atoms with van der Waals surface area (Å²) in [7, 11) is 0. The number of benzene rings is 1. The Kier molecular flexibility index (Phi) is 5.15. The van der Waals surface area contributed by atoms with Gasteiger partial charge in [0.25, 0.3) is 0 Å². The molecule has 1 heterocycles. The number of halogens is 4. The van der Waals surface area contributed by atoms with Crippen molar-refractivity contribution in [2.75, 3.05) is 11.6 Å². The summed E-state index contributed by atoms with van der Waals surface area (Å²) in [6, 6.07) is 3.74. The fourth-order valence-electron chi connectivity index (χ4n) is 1.94. The highest BCUT2D eigenvalue weighted by Gasteiger charge is 2.41. The van der Waals surface area contributed by atoms with Gasteiger partial charge in [0.05, 0.1) is 0 Å². The highest BCUT2D eigenvalue weighted by molar-refractivity contribution is 9.10. The van der Waals surface area contributed by atoms with Crippen molar-refractivity contribution < 1.29 is 22.7 Å². The zero-order chi connectivity index (χ0) is 16.3. The summed E-state index contributed by atoms with van der Waals surface area (Å²) < 4.78 is 43.5. The summed E-state index contributed by atoms with van der Waals surface area (Å²) in [6.07, 6.45) is 0.309. The molecule has 1 aliphatic heterocycles. The second-order valence-corrected chi connectivity index (χ2v) is 5.20. The lowest BCUT2D eigenvalue weighted by Gasteiger charge is -2.19. The number of hydrazine groups is 1. The summed E-state index contributed by atoms with van der Waals surface area (Å²) in [5.41, 5.74) is 2.85. The van der Waals surface area contributed by atoms with Gasteiger partial charge < -0.3 is 4.74 Å². The van der Waals surface area contributed by atoms with E-state index in [4.69, 9.17) is 4.74 Å². The van der Waals surface area contributed by atoms with Crippen LogP contribution < -0.4 is 15.2 Å². The average Bonchev–Trinajstić information content (AvgIpc) is 2.74. The van der Waals surface area contributed by atoms with Crippen LogP contribution >= 0.6 is 15.9 Å². The van der Waals surface area contributed by atoms with E-state index < -0.39 is 18.7 Å². The molecule has 1 fully saturated rings. The normalized spacial score (nSPS) is 17.7. The van der Waals surface area contributed by atoms with Gasteiger partial charge in [-0.2, -0.15) is 8.78 Å². The van der Waals surface area contributed by atoms with Crippen molar-refractivity contribution in [2.24, 2.45) is 0 Å². The summed E-state index contributed by atoms with van der Waals surface area (Å²) in [6.45, 7) is -1.74. The first-order valence-electron chi connectivity index (χ1n) is 6.13. The molecule has 1 unspecified atom stereocenters. The van der Waals surface area contributed by atoms with Crippen LogP contribution in [-0.4, -0.2) is 30.3 Å². The van der Waals surface area contributed by atoms with Crippen LogP contribution in [0.25, 0.3) is 0 Å². The number of nitrogens with one attached hydrogen (secondary N) is 1. The van der Waals surface area contributed by atoms with Gasteiger partial charge in [-0.3, -0.25) is 0 Å². The van der Waals surface area contributed by atoms with Gasteiger partial charge in [0, 0.05) is 4.47 Å². The molecular weight excluding hydrogens is 367 g/mol. The van der Waals surface area contributed by atoms with Crippen LogP contribution in [0, 0.1) is 12.1 Å². The Balaban J connectivity index is 2.31. The molecular formula is C13H11BrF3N3O2. The predicted octanol–water partition coefficient (Wildman–Crippen LogP) is 3.07. The van der Waals surface area contributed by atoms with E-state index in [-0.39, 0.29) is 18.0 Å². The highest BCUT2D eigenvalue weighted by atomic mass is 79.9. The monoisotopic (exact) mass is 377 g/mol. The third-order valence-corrected chi connectivity index (χ3v) is 3.38. The van der Waals surface area contributed by atoms with E-state index in [2.05, 4.69) is 27.3 Å². The molecule has 0 aromatic heterocycles. The van der Waals surface area contributed by atoms with E-state index in [1.807, 2.05) is 0 Å². The molecule has 0 spiro atoms. The maximum atomic E-state index is 12.9. The number of carbonyl (C=O) groups is 1. The molecule has 9 heteroatoms. The van der Waals surface area contributed by atoms with Crippen LogP contribution in [0.5, 0.6) is 5.75 Å². The molecule has 1 aromatic rings. The predicted molar refractivity (Wildman–Crippen MR) is 76.8 cm³/mol. The van der Waals surface area contributed by atoms with Gasteiger partial charge in [0.2, 0.25) is 0 Å². The molecule has 1 saturated heterocycles. The van der Waals surface area contributed by atoms with E-state index in [0.717, 1.165) is 5.01 Å². The second kappa shape index (κ2) is 6.89. The molecule has 0 radical (unpaired) electrons. The zero-order valence-electron chi connectivity index (χ0n) is 11.3. The topological polar surface area (TPSA) is 44.8 Å². The number of ether oxygens (including phenoxy) is 1. The quantitative estimate of drug-likeness (QED) is 0.647. The van der Waals surface area contributed by atoms with Crippen LogP contribution in [-0.2, 0) is 0 Å². The average molecular weight is 378 g/mol. The molecule has 1 aliphatic rings. The van der Waals surface area contributed by atoms with Gasteiger partial charge in [0.1, 0.15) is 23.8 Å². The number of amides is 2. The number of urea groups is 1. The van der Waals surface area contributed by atoms with E-state index in [1.54, 1.807) is 6.07 Å². The Morgan fingerprint density at radius 1 is 1.50 bits per heavy atom. The summed E-state index contributed by atoms with van der Waals surface area (Å²) >= 11 is 3.23. The Hall–Kier alpha value is -1.92. The second-order valence-electron chi connectivity index (χ2n) is 4.28. The molecule has 22 heavy (non-hydrogen) atoms. The Bertz CT molecular complexity index is 633. The number of hydrogen-bond donors (Lipinski definition) is 1. The van der Waals surface area contributed by atoms with E-state index >= 15 is 0 Å². The van der Waals surface area contributed by atoms with Gasteiger partial charge in [-0.1, -0.05) is 15.9 Å². The molecule has 1 N–H and O–H groups in total. The lowest BCUT2D eigenvalue weighted by atomic mass is 10.3. The highest BCUT2D eigenvalue weighted by Crippen LogP contribution is 2.34. The third kappa shape index (κ3) is 3.28. The van der Waals surface area contributed by atoms with Crippen molar-refractivity contribution in [3.05, 3.63) is 22.7 Å². The maximum absolute atomic E-state index is 12.9. The number of carbonyl (C=O) groups excluding carboxylic acids is 1. The van der Waals surface area contributed by atoms with Crippen LogP contribution in [0.15, 0.2) is 22.7 Å². The number of anilines is 1. The molecule has 2 rings (SSSR count). The SMILES string of the molecule is CC1NN(c2ccc(Br)cc2OCC#CF)C(=O)N1C(F)F. The van der Waals surface area contributed by atoms with Crippen molar-refractivity contribution in [1.82, 2.24) is 10.3 Å². The van der Waals surface area contributed by atoms with Gasteiger partial charge in [-0.15, -0.1) is 4.39 Å². The summed E-state index contributed by atoms with van der Waals surface area (Å²) in [5.74, 6) is 2.27. The Morgan fingerprint density at radius 2 is 2.23 bits per heavy atom. The lowest BCUT2D eigenvalue weighted by molar-refractivity contribution is -0.00783. The van der Waals surface area contributed by atoms with Crippen molar-refractivity contribution in [3.8, 4) is 17.8 Å². The first kappa shape index (κ1) is 16.5. The van der Waals surface area contributed by atoms with Crippen LogP contribution in [0.4, 0.5) is 23.7 Å². The standard InChI is InChI=1S/C13H11BrF3N3O2/c1-8-18-20(13(21)19(8)12(16)17)10-4-3-9(14)7-11(10)22-6-2-5-15/h3-4,7-8,12,18H,6H2,1H3. The molecule has 1 aromatic carbocycles. The van der Waals surface area contributed by atoms with Gasteiger partial charge >= 0.3 is 12.6 Å². The smallest absolute Gasteiger partial charge is 0.344 e. The minimum Gasteiger partial charge on any atom is -0.479 e. The Labute approximate surface area is 133 Å². The van der Waals surface area contributed by atoms with Gasteiger partial charge in [-0.05, 0) is 31.0 Å². The first-order chi connectivity index (χ1) is 10.5. The van der Waals surface area contributed by atoms with Crippen molar-refractivity contribution >= 4 is 27.6 Å². The zero-order valence-corrected chi connectivity index (χ0v) is 12.9. The fourth-order valence-corrected chi connectivity index (χ4v) is 2.28. The molecule has 0 aliphatic carbocycles. The number of nitrogens with zero attached hydrogens (tertiary/aromatic N) is 2. The van der Waals surface area contributed by atoms with E-state index in [0.29, 0.717) is 9.37 Å². The number of hydrogen-bond acceptors (Lipinski definition) is 3. The molecule has 0 saturated carbocycles. The van der Waals surface area contributed by atoms with Crippen LogP contribution in [0.1, 0.15) is 6.92 Å². The summed E-state index contributed by atoms with van der Waals surface area (Å²) in [5, 5.41) is 0.960. The minimum atomic E-state index is -2.93. The van der Waals surface area contributed by atoms with E-state index in [1.165, 1.54) is 25.2 Å². The van der Waals surface area contributed by atoms with Crippen molar-refractivity contribution in [3.63, 3.8) is 0 Å². The first-order valence-corrected chi connectivity index (χ1v) is 6.92. The van der Waals surface area contributed by atoms with Gasteiger partial charge in [-0.25, -0.2) is 20.1 Å². The molecule has 5 nitrogen and oxygen atoms in total. The molecule has 0 bridgehead atoms. The molecule has 118 valence electrons. The Morgan fingerprint density at radius 3 is 2.82 bits per heavy atom. The molecule has 1 atom stereocenters. The van der Waals surface area contributed by atoms with Crippen LogP contribution in [0.3, 0.4) is 0 Å². The summed E-state index contributed by atoms with van der Waals surface area (Å²) in [4.78, 5) is 12.5. The van der Waals surface area contributed by atoms with E-state index in [9.17, 15) is 18.0 Å². The number of alkyl halides is 2. The van der Waals surface area contributed by atoms with Crippen molar-refractivity contribution in [1.29, 1.82) is 0 Å². The van der Waals surface area contributed by atoms with Gasteiger partial charge in [0.15, 0.2) is 6.61 Å². The number of rotatable bonds is 4. The minimum absolute atomic E-state index is 0.196. The molecule has 2 amide bonds. The lowest BCUT2D eigenvalue weighted by Crippen LogP contribution is -2.38. The fraction of sp³-hybridized carbons (Fsp3) is 0.308. The van der Waals surface area contributed by atoms with Crippen LogP contribution in [0.2, 0.25) is 0 Å². The largest absolute Gasteiger partial charge is 0.479 e. The van der Waals surface area contributed by atoms with Crippen molar-refractivity contribution in [2.45, 2.75) is 19.6 Å².